The third-order valence-corrected chi connectivity index (χ3v) is 3.35. The van der Waals surface area contributed by atoms with Crippen LogP contribution in [0.2, 0.25) is 5.02 Å². The fourth-order valence-corrected chi connectivity index (χ4v) is 2.47. The van der Waals surface area contributed by atoms with E-state index >= 15 is 0 Å². The third-order valence-electron chi connectivity index (χ3n) is 3.07. The monoisotopic (exact) mass is 261 g/mol. The maximum atomic E-state index is 14.0. The van der Waals surface area contributed by atoms with Crippen LogP contribution >= 0.6 is 11.6 Å². The van der Waals surface area contributed by atoms with Crippen LogP contribution in [0.5, 0.6) is 5.75 Å². The van der Waals surface area contributed by atoms with Crippen molar-refractivity contribution < 1.29 is 13.5 Å². The maximum absolute atomic E-state index is 14.0. The van der Waals surface area contributed by atoms with Gasteiger partial charge in [-0.1, -0.05) is 11.6 Å². The molecule has 1 aromatic rings. The summed E-state index contributed by atoms with van der Waals surface area (Å²) in [5, 5.41) is 2.97. The van der Waals surface area contributed by atoms with Gasteiger partial charge in [0, 0.05) is 18.0 Å². The van der Waals surface area contributed by atoms with E-state index in [1.807, 2.05) is 0 Å². The van der Waals surface area contributed by atoms with Gasteiger partial charge in [0.2, 0.25) is 0 Å². The lowest BCUT2D eigenvalue weighted by Crippen LogP contribution is -2.29. The predicted molar refractivity (Wildman–Crippen MR) is 62.8 cm³/mol. The molecule has 1 aliphatic heterocycles. The van der Waals surface area contributed by atoms with E-state index in [1.54, 1.807) is 0 Å². The number of benzene rings is 1. The van der Waals surface area contributed by atoms with Gasteiger partial charge in [-0.3, -0.25) is 0 Å². The summed E-state index contributed by atoms with van der Waals surface area (Å²) in [6, 6.07) is 0.954. The number of methoxy groups -OCH3 is 1. The highest BCUT2D eigenvalue weighted by Gasteiger charge is 2.26. The fraction of sp³-hybridized carbons (Fsp3) is 0.500. The standard InChI is InChI=1S/C12H14ClF2NO/c1-17-12-9(14)5-8(13)11(15)10(12)7-3-2-4-16-6-7/h5,7,16H,2-4,6H2,1H3. The first-order chi connectivity index (χ1) is 8.15. The molecule has 1 unspecified atom stereocenters. The highest BCUT2D eigenvalue weighted by molar-refractivity contribution is 6.30. The van der Waals surface area contributed by atoms with E-state index in [0.717, 1.165) is 25.5 Å². The lowest BCUT2D eigenvalue weighted by molar-refractivity contribution is 0.360. The van der Waals surface area contributed by atoms with Gasteiger partial charge in [-0.05, 0) is 25.5 Å². The molecule has 2 nitrogen and oxygen atoms in total. The molecule has 94 valence electrons. The number of halogens is 3. The van der Waals surface area contributed by atoms with E-state index in [-0.39, 0.29) is 22.3 Å². The Morgan fingerprint density at radius 3 is 2.82 bits per heavy atom. The molecule has 0 bridgehead atoms. The van der Waals surface area contributed by atoms with Crippen molar-refractivity contribution in [3.63, 3.8) is 0 Å². The molecule has 5 heteroatoms. The quantitative estimate of drug-likeness (QED) is 0.826. The first-order valence-electron chi connectivity index (χ1n) is 5.57. The van der Waals surface area contributed by atoms with Crippen LogP contribution in [0.3, 0.4) is 0 Å². The third kappa shape index (κ3) is 2.38. The molecule has 1 fully saturated rings. The molecule has 0 aromatic heterocycles. The second-order valence-corrected chi connectivity index (χ2v) is 4.55. The average Bonchev–Trinajstić information content (AvgIpc) is 2.34. The Bertz CT molecular complexity index is 419. The van der Waals surface area contributed by atoms with Crippen LogP contribution in [0, 0.1) is 11.6 Å². The fourth-order valence-electron chi connectivity index (χ4n) is 2.27. The second-order valence-electron chi connectivity index (χ2n) is 4.14. The van der Waals surface area contributed by atoms with Gasteiger partial charge in [-0.2, -0.15) is 0 Å². The van der Waals surface area contributed by atoms with E-state index in [9.17, 15) is 8.78 Å². The van der Waals surface area contributed by atoms with E-state index in [4.69, 9.17) is 16.3 Å². The summed E-state index contributed by atoms with van der Waals surface area (Å²) in [5.41, 5.74) is 0.254. The molecule has 1 aromatic carbocycles. The van der Waals surface area contributed by atoms with Crippen molar-refractivity contribution >= 4 is 11.6 Å². The number of hydrogen-bond donors (Lipinski definition) is 1. The zero-order chi connectivity index (χ0) is 12.4. The van der Waals surface area contributed by atoms with Gasteiger partial charge < -0.3 is 10.1 Å². The Balaban J connectivity index is 2.48. The number of nitrogens with one attached hydrogen (secondary N) is 1. The number of ether oxygens (including phenoxy) is 1. The minimum absolute atomic E-state index is 0.0272. The molecule has 0 saturated carbocycles. The smallest absolute Gasteiger partial charge is 0.167 e. The first kappa shape index (κ1) is 12.6. The lowest BCUT2D eigenvalue weighted by atomic mass is 9.90. The van der Waals surface area contributed by atoms with Gasteiger partial charge in [0.1, 0.15) is 5.82 Å². The van der Waals surface area contributed by atoms with Gasteiger partial charge in [0.05, 0.1) is 12.1 Å². The van der Waals surface area contributed by atoms with Crippen LogP contribution in [-0.4, -0.2) is 20.2 Å². The van der Waals surface area contributed by atoms with Gasteiger partial charge >= 0.3 is 0 Å². The zero-order valence-electron chi connectivity index (χ0n) is 9.53. The van der Waals surface area contributed by atoms with Crippen molar-refractivity contribution in [1.82, 2.24) is 5.32 Å². The van der Waals surface area contributed by atoms with Crippen LogP contribution in [0.4, 0.5) is 8.78 Å². The number of rotatable bonds is 2. The van der Waals surface area contributed by atoms with Crippen LogP contribution < -0.4 is 10.1 Å². The summed E-state index contributed by atoms with van der Waals surface area (Å²) >= 11 is 5.68. The topological polar surface area (TPSA) is 21.3 Å². The molecule has 17 heavy (non-hydrogen) atoms. The van der Waals surface area contributed by atoms with Gasteiger partial charge in [0.15, 0.2) is 11.6 Å². The molecule has 1 atom stereocenters. The molecule has 0 radical (unpaired) electrons. The second kappa shape index (κ2) is 5.19. The molecule has 1 aliphatic rings. The molecular weight excluding hydrogens is 248 g/mol. The minimum Gasteiger partial charge on any atom is -0.493 e. The van der Waals surface area contributed by atoms with E-state index in [1.165, 1.54) is 7.11 Å². The molecular formula is C12H14ClF2NO. The Hall–Kier alpha value is -0.870. The van der Waals surface area contributed by atoms with Gasteiger partial charge in [-0.15, -0.1) is 0 Å². The Kier molecular flexibility index (Phi) is 3.84. The molecule has 1 N–H and O–H groups in total. The molecule has 0 aliphatic carbocycles. The summed E-state index contributed by atoms with van der Waals surface area (Å²) in [5.74, 6) is -1.30. The van der Waals surface area contributed by atoms with Gasteiger partial charge in [0.25, 0.3) is 0 Å². The van der Waals surface area contributed by atoms with E-state index in [2.05, 4.69) is 5.32 Å². The van der Waals surface area contributed by atoms with Crippen molar-refractivity contribution in [2.45, 2.75) is 18.8 Å². The van der Waals surface area contributed by atoms with Crippen molar-refractivity contribution in [3.8, 4) is 5.75 Å². The number of hydrogen-bond acceptors (Lipinski definition) is 2. The Morgan fingerprint density at radius 2 is 2.24 bits per heavy atom. The minimum atomic E-state index is -0.612. The van der Waals surface area contributed by atoms with Crippen LogP contribution in [0.15, 0.2) is 6.07 Å². The summed E-state index contributed by atoms with van der Waals surface area (Å²) in [6.07, 6.45) is 1.74. The van der Waals surface area contributed by atoms with Gasteiger partial charge in [-0.25, -0.2) is 8.78 Å². The highest BCUT2D eigenvalue weighted by atomic mass is 35.5. The van der Waals surface area contributed by atoms with E-state index < -0.39 is 11.6 Å². The maximum Gasteiger partial charge on any atom is 0.167 e. The molecule has 0 spiro atoms. The Labute approximate surface area is 104 Å². The van der Waals surface area contributed by atoms with Crippen molar-refractivity contribution in [1.29, 1.82) is 0 Å². The summed E-state index contributed by atoms with van der Waals surface area (Å²) in [7, 11) is 1.34. The molecule has 0 amide bonds. The Morgan fingerprint density at radius 1 is 1.47 bits per heavy atom. The van der Waals surface area contributed by atoms with Crippen molar-refractivity contribution in [2.24, 2.45) is 0 Å². The summed E-state index contributed by atoms with van der Waals surface area (Å²) in [6.45, 7) is 1.52. The van der Waals surface area contributed by atoms with E-state index in [0.29, 0.717) is 6.54 Å². The molecule has 2 rings (SSSR count). The SMILES string of the molecule is COc1c(F)cc(Cl)c(F)c1C1CCCNC1. The van der Waals surface area contributed by atoms with Crippen LogP contribution in [0.1, 0.15) is 24.3 Å². The lowest BCUT2D eigenvalue weighted by Gasteiger charge is -2.25. The highest BCUT2D eigenvalue weighted by Crippen LogP contribution is 2.38. The predicted octanol–water partition coefficient (Wildman–Crippen LogP) is 3.09. The first-order valence-corrected chi connectivity index (χ1v) is 5.95. The average molecular weight is 262 g/mol. The summed E-state index contributed by atoms with van der Waals surface area (Å²) in [4.78, 5) is 0. The van der Waals surface area contributed by atoms with Crippen molar-refractivity contribution in [2.75, 3.05) is 20.2 Å². The largest absolute Gasteiger partial charge is 0.493 e. The van der Waals surface area contributed by atoms with Crippen molar-refractivity contribution in [3.05, 3.63) is 28.3 Å². The van der Waals surface area contributed by atoms with Crippen LogP contribution in [-0.2, 0) is 0 Å². The van der Waals surface area contributed by atoms with Crippen LogP contribution in [0.25, 0.3) is 0 Å². The molecule has 1 heterocycles. The number of piperidine rings is 1. The normalized spacial score (nSPS) is 20.4. The summed E-state index contributed by atoms with van der Waals surface area (Å²) < 4.78 is 32.6. The molecule has 1 saturated heterocycles. The zero-order valence-corrected chi connectivity index (χ0v) is 10.3.